The van der Waals surface area contributed by atoms with E-state index in [9.17, 15) is 0 Å². The predicted molar refractivity (Wildman–Crippen MR) is 73.7 cm³/mol. The molecule has 0 aromatic carbocycles. The first-order chi connectivity index (χ1) is 8.81. The van der Waals surface area contributed by atoms with Crippen molar-refractivity contribution in [1.29, 1.82) is 0 Å². The number of hydrogen-bond acceptors (Lipinski definition) is 4. The number of ether oxygens (including phenoxy) is 1. The third-order valence-corrected chi connectivity index (χ3v) is 2.77. The lowest BCUT2D eigenvalue weighted by molar-refractivity contribution is 0.388. The maximum Gasteiger partial charge on any atom is 0.233 e. The van der Waals surface area contributed by atoms with Gasteiger partial charge in [-0.25, -0.2) is 0 Å². The molecule has 1 N–H and O–H groups in total. The second-order valence-corrected chi connectivity index (χ2v) is 4.23. The van der Waals surface area contributed by atoms with Gasteiger partial charge < -0.3 is 10.1 Å². The zero-order valence-corrected chi connectivity index (χ0v) is 11.4. The van der Waals surface area contributed by atoms with Crippen LogP contribution in [0.2, 0.25) is 0 Å². The van der Waals surface area contributed by atoms with Crippen LogP contribution >= 0.6 is 0 Å². The lowest BCUT2D eigenvalue weighted by Gasteiger charge is -2.17. The molecule has 0 saturated carbocycles. The molecule has 18 heavy (non-hydrogen) atoms. The summed E-state index contributed by atoms with van der Waals surface area (Å²) in [6.45, 7) is 6.90. The molecule has 0 amide bonds. The summed E-state index contributed by atoms with van der Waals surface area (Å²) in [5.74, 6) is 0.555. The summed E-state index contributed by atoms with van der Waals surface area (Å²) in [7, 11) is 1.60. The summed E-state index contributed by atoms with van der Waals surface area (Å²) in [6.07, 6.45) is 6.26. The molecule has 100 valence electrons. The summed E-state index contributed by atoms with van der Waals surface area (Å²) in [4.78, 5) is 0. The lowest BCUT2D eigenvalue weighted by Crippen LogP contribution is -2.23. The Hall–Kier alpha value is -1.42. The summed E-state index contributed by atoms with van der Waals surface area (Å²) in [6, 6.07) is 4.10. The average Bonchev–Trinajstić information content (AvgIpc) is 2.43. The van der Waals surface area contributed by atoms with Crippen molar-refractivity contribution in [3.05, 3.63) is 30.5 Å². The van der Waals surface area contributed by atoms with Gasteiger partial charge in [-0.15, -0.1) is 11.7 Å². The van der Waals surface area contributed by atoms with Crippen LogP contribution in [0.4, 0.5) is 0 Å². The largest absolute Gasteiger partial charge is 0.480 e. The van der Waals surface area contributed by atoms with Gasteiger partial charge >= 0.3 is 0 Å². The lowest BCUT2D eigenvalue weighted by atomic mass is 10.1. The second-order valence-electron chi connectivity index (χ2n) is 4.23. The minimum atomic E-state index is 0.267. The van der Waals surface area contributed by atoms with Crippen LogP contribution in [-0.4, -0.2) is 23.9 Å². The van der Waals surface area contributed by atoms with Crippen LogP contribution in [0.3, 0.4) is 0 Å². The molecule has 1 rings (SSSR count). The van der Waals surface area contributed by atoms with Gasteiger partial charge in [-0.1, -0.05) is 13.0 Å². The molecule has 4 nitrogen and oxygen atoms in total. The maximum atomic E-state index is 5.02. The number of unbranched alkanes of at least 4 members (excludes halogenated alkanes) is 1. The highest BCUT2D eigenvalue weighted by Gasteiger charge is 2.12. The van der Waals surface area contributed by atoms with Crippen molar-refractivity contribution in [1.82, 2.24) is 15.5 Å². The van der Waals surface area contributed by atoms with Crippen LogP contribution in [0.15, 0.2) is 24.8 Å². The molecule has 0 fully saturated rings. The standard InChI is InChI=1S/C14H23N3O/c1-4-6-7-8-12(15-11-5-2)13-9-10-14(18-3)17-16-13/h4,9-10,12,15H,1,5-8,11H2,2-3H3. The maximum absolute atomic E-state index is 5.02. The van der Waals surface area contributed by atoms with E-state index in [1.165, 1.54) is 0 Å². The van der Waals surface area contributed by atoms with E-state index in [1.54, 1.807) is 7.11 Å². The van der Waals surface area contributed by atoms with E-state index in [0.717, 1.165) is 37.9 Å². The molecule has 0 radical (unpaired) electrons. The van der Waals surface area contributed by atoms with E-state index in [4.69, 9.17) is 4.74 Å². The van der Waals surface area contributed by atoms with Gasteiger partial charge in [-0.05, 0) is 38.3 Å². The third-order valence-electron chi connectivity index (χ3n) is 2.77. The molecular weight excluding hydrogens is 226 g/mol. The highest BCUT2D eigenvalue weighted by atomic mass is 16.5. The molecule has 1 aromatic heterocycles. The van der Waals surface area contributed by atoms with Crippen LogP contribution < -0.4 is 10.1 Å². The zero-order chi connectivity index (χ0) is 13.2. The molecule has 4 heteroatoms. The minimum absolute atomic E-state index is 0.267. The molecule has 0 bridgehead atoms. The predicted octanol–water partition coefficient (Wildman–Crippen LogP) is 2.88. The molecule has 0 spiro atoms. The molecule has 1 atom stereocenters. The van der Waals surface area contributed by atoms with Crippen molar-refractivity contribution in [2.24, 2.45) is 0 Å². The first-order valence-corrected chi connectivity index (χ1v) is 6.53. The Kier molecular flexibility index (Phi) is 7.03. The Morgan fingerprint density at radius 1 is 1.44 bits per heavy atom. The van der Waals surface area contributed by atoms with E-state index >= 15 is 0 Å². The third kappa shape index (κ3) is 4.84. The summed E-state index contributed by atoms with van der Waals surface area (Å²) in [5.41, 5.74) is 0.980. The van der Waals surface area contributed by atoms with E-state index in [-0.39, 0.29) is 6.04 Å². The second kappa shape index (κ2) is 8.64. The van der Waals surface area contributed by atoms with Crippen molar-refractivity contribution in [3.8, 4) is 5.88 Å². The van der Waals surface area contributed by atoms with Crippen LogP contribution in [0.1, 0.15) is 44.3 Å². The number of nitrogens with one attached hydrogen (secondary N) is 1. The fraction of sp³-hybridized carbons (Fsp3) is 0.571. The van der Waals surface area contributed by atoms with Gasteiger partial charge in [0.05, 0.1) is 18.8 Å². The molecule has 0 saturated heterocycles. The summed E-state index contributed by atoms with van der Waals surface area (Å²) < 4.78 is 5.02. The fourth-order valence-electron chi connectivity index (χ4n) is 1.76. The van der Waals surface area contributed by atoms with Crippen LogP contribution in [0, 0.1) is 0 Å². The normalized spacial score (nSPS) is 12.1. The number of methoxy groups -OCH3 is 1. The van der Waals surface area contributed by atoms with Gasteiger partial charge in [-0.3, -0.25) is 0 Å². The molecule has 0 aliphatic rings. The van der Waals surface area contributed by atoms with Gasteiger partial charge in [0.25, 0.3) is 0 Å². The SMILES string of the molecule is C=CCCCC(NCCC)c1ccc(OC)nn1. The van der Waals surface area contributed by atoms with Crippen LogP contribution in [0.5, 0.6) is 5.88 Å². The monoisotopic (exact) mass is 249 g/mol. The smallest absolute Gasteiger partial charge is 0.233 e. The first-order valence-electron chi connectivity index (χ1n) is 6.53. The topological polar surface area (TPSA) is 47.0 Å². The number of hydrogen-bond donors (Lipinski definition) is 1. The molecule has 1 unspecified atom stereocenters. The van der Waals surface area contributed by atoms with Gasteiger partial charge in [0, 0.05) is 6.07 Å². The van der Waals surface area contributed by atoms with Crippen molar-refractivity contribution in [2.45, 2.75) is 38.6 Å². The molecule has 1 heterocycles. The van der Waals surface area contributed by atoms with E-state index in [1.807, 2.05) is 18.2 Å². The molecule has 0 aliphatic heterocycles. The van der Waals surface area contributed by atoms with Crippen molar-refractivity contribution >= 4 is 0 Å². The summed E-state index contributed by atoms with van der Waals surface area (Å²) >= 11 is 0. The fourth-order valence-corrected chi connectivity index (χ4v) is 1.76. The molecule has 1 aromatic rings. The Morgan fingerprint density at radius 3 is 2.83 bits per heavy atom. The van der Waals surface area contributed by atoms with E-state index in [0.29, 0.717) is 5.88 Å². The number of aromatic nitrogens is 2. The number of allylic oxidation sites excluding steroid dienone is 1. The Balaban J connectivity index is 2.63. The van der Waals surface area contributed by atoms with Gasteiger partial charge in [0.15, 0.2) is 0 Å². The highest BCUT2D eigenvalue weighted by Crippen LogP contribution is 2.18. The van der Waals surface area contributed by atoms with Crippen LogP contribution in [0.25, 0.3) is 0 Å². The highest BCUT2D eigenvalue weighted by molar-refractivity contribution is 5.14. The van der Waals surface area contributed by atoms with Crippen LogP contribution in [-0.2, 0) is 0 Å². The first kappa shape index (κ1) is 14.6. The average molecular weight is 249 g/mol. The number of nitrogens with zero attached hydrogens (tertiary/aromatic N) is 2. The van der Waals surface area contributed by atoms with E-state index < -0.39 is 0 Å². The zero-order valence-electron chi connectivity index (χ0n) is 11.4. The Labute approximate surface area is 109 Å². The van der Waals surface area contributed by atoms with Gasteiger partial charge in [-0.2, -0.15) is 5.10 Å². The molecular formula is C14H23N3O. The minimum Gasteiger partial charge on any atom is -0.480 e. The Bertz CT molecular complexity index is 337. The van der Waals surface area contributed by atoms with E-state index in [2.05, 4.69) is 29.0 Å². The van der Waals surface area contributed by atoms with Gasteiger partial charge in [0.2, 0.25) is 5.88 Å². The van der Waals surface area contributed by atoms with Crippen molar-refractivity contribution in [3.63, 3.8) is 0 Å². The van der Waals surface area contributed by atoms with Gasteiger partial charge in [0.1, 0.15) is 0 Å². The summed E-state index contributed by atoms with van der Waals surface area (Å²) in [5, 5.41) is 11.7. The Morgan fingerprint density at radius 2 is 2.28 bits per heavy atom. The molecule has 0 aliphatic carbocycles. The van der Waals surface area contributed by atoms with Crippen molar-refractivity contribution < 1.29 is 4.74 Å². The quantitative estimate of drug-likeness (QED) is 0.540. The van der Waals surface area contributed by atoms with Crippen molar-refractivity contribution in [2.75, 3.05) is 13.7 Å². The number of rotatable bonds is 9.